The van der Waals surface area contributed by atoms with Crippen LogP contribution in [0.3, 0.4) is 0 Å². The van der Waals surface area contributed by atoms with Gasteiger partial charge in [-0.3, -0.25) is 4.79 Å². The SMILES string of the molecule is CC(=O)NC(CSc1c(O)c(O)cc(Br)c1Br)C(=O)O. The molecule has 0 aliphatic rings. The van der Waals surface area contributed by atoms with Crippen molar-refractivity contribution in [1.82, 2.24) is 5.32 Å². The van der Waals surface area contributed by atoms with Gasteiger partial charge >= 0.3 is 5.97 Å². The number of phenolic OH excluding ortho intramolecular Hbond substituents is 2. The summed E-state index contributed by atoms with van der Waals surface area (Å²) < 4.78 is 1.01. The Morgan fingerprint density at radius 3 is 2.50 bits per heavy atom. The number of carbonyl (C=O) groups excluding carboxylic acids is 1. The zero-order chi connectivity index (χ0) is 15.4. The van der Waals surface area contributed by atoms with Crippen molar-refractivity contribution in [2.45, 2.75) is 17.9 Å². The Kier molecular flexibility index (Phi) is 6.15. The minimum absolute atomic E-state index is 0.00301. The fraction of sp³-hybridized carbons (Fsp3) is 0.273. The van der Waals surface area contributed by atoms with Gasteiger partial charge in [0.2, 0.25) is 5.91 Å². The first-order valence-corrected chi connectivity index (χ1v) is 7.83. The number of benzene rings is 1. The molecule has 1 amide bonds. The summed E-state index contributed by atoms with van der Waals surface area (Å²) in [6.45, 7) is 1.22. The zero-order valence-corrected chi connectivity index (χ0v) is 14.2. The number of aliphatic carboxylic acids is 1. The number of phenols is 2. The van der Waals surface area contributed by atoms with Crippen LogP contribution in [0.15, 0.2) is 19.9 Å². The number of hydrogen-bond donors (Lipinski definition) is 4. The van der Waals surface area contributed by atoms with Crippen molar-refractivity contribution in [2.24, 2.45) is 0 Å². The van der Waals surface area contributed by atoms with E-state index in [4.69, 9.17) is 5.11 Å². The van der Waals surface area contributed by atoms with Gasteiger partial charge in [-0.25, -0.2) is 4.79 Å². The molecular weight excluding hydrogens is 418 g/mol. The lowest BCUT2D eigenvalue weighted by molar-refractivity contribution is -0.140. The highest BCUT2D eigenvalue weighted by Gasteiger charge is 2.22. The van der Waals surface area contributed by atoms with Crippen molar-refractivity contribution < 1.29 is 24.9 Å². The Morgan fingerprint density at radius 2 is 2.00 bits per heavy atom. The molecule has 0 aromatic heterocycles. The van der Waals surface area contributed by atoms with Gasteiger partial charge in [-0.05, 0) is 37.9 Å². The number of halogens is 2. The van der Waals surface area contributed by atoms with Crippen LogP contribution in [0, 0.1) is 0 Å². The maximum absolute atomic E-state index is 11.0. The van der Waals surface area contributed by atoms with Gasteiger partial charge in [0, 0.05) is 21.6 Å². The Labute approximate surface area is 135 Å². The lowest BCUT2D eigenvalue weighted by Crippen LogP contribution is -2.41. The van der Waals surface area contributed by atoms with Crippen molar-refractivity contribution in [3.8, 4) is 11.5 Å². The fourth-order valence-corrected chi connectivity index (χ4v) is 3.53. The molecule has 0 radical (unpaired) electrons. The van der Waals surface area contributed by atoms with E-state index in [0.29, 0.717) is 8.95 Å². The lowest BCUT2D eigenvalue weighted by atomic mass is 10.3. The van der Waals surface area contributed by atoms with Crippen LogP contribution in [0.2, 0.25) is 0 Å². The quantitative estimate of drug-likeness (QED) is 0.423. The molecular formula is C11H11Br2NO5S. The average Bonchev–Trinajstić information content (AvgIpc) is 2.34. The van der Waals surface area contributed by atoms with Crippen molar-refractivity contribution in [3.63, 3.8) is 0 Å². The van der Waals surface area contributed by atoms with Gasteiger partial charge in [-0.2, -0.15) is 0 Å². The topological polar surface area (TPSA) is 107 Å². The van der Waals surface area contributed by atoms with Crippen molar-refractivity contribution in [2.75, 3.05) is 5.75 Å². The Hall–Kier alpha value is -0.930. The number of thioether (sulfide) groups is 1. The number of nitrogens with one attached hydrogen (secondary N) is 1. The highest BCUT2D eigenvalue weighted by Crippen LogP contribution is 2.45. The number of carbonyl (C=O) groups is 2. The molecule has 1 rings (SSSR count). The number of hydrogen-bond acceptors (Lipinski definition) is 5. The Bertz CT molecular complexity index is 526. The molecule has 9 heteroatoms. The molecule has 4 N–H and O–H groups in total. The summed E-state index contributed by atoms with van der Waals surface area (Å²) in [5, 5.41) is 30.6. The van der Waals surface area contributed by atoms with Crippen molar-refractivity contribution in [3.05, 3.63) is 15.0 Å². The van der Waals surface area contributed by atoms with E-state index in [1.165, 1.54) is 13.0 Å². The number of amides is 1. The number of rotatable bonds is 5. The first-order valence-electron chi connectivity index (χ1n) is 5.26. The third-order valence-corrected chi connectivity index (χ3v) is 5.63. The van der Waals surface area contributed by atoms with Crippen LogP contribution < -0.4 is 5.32 Å². The van der Waals surface area contributed by atoms with Gasteiger partial charge in [-0.1, -0.05) is 0 Å². The monoisotopic (exact) mass is 427 g/mol. The molecule has 1 aromatic rings. The van der Waals surface area contributed by atoms with Crippen LogP contribution in [0.25, 0.3) is 0 Å². The molecule has 0 heterocycles. The summed E-state index contributed by atoms with van der Waals surface area (Å²) in [5.74, 6) is -2.32. The van der Waals surface area contributed by atoms with E-state index in [-0.39, 0.29) is 22.1 Å². The predicted octanol–water partition coefficient (Wildman–Crippen LogP) is 2.30. The second kappa shape index (κ2) is 7.19. The summed E-state index contributed by atoms with van der Waals surface area (Å²) in [6.07, 6.45) is 0. The summed E-state index contributed by atoms with van der Waals surface area (Å²) in [5.41, 5.74) is 0. The lowest BCUT2D eigenvalue weighted by Gasteiger charge is -2.15. The summed E-state index contributed by atoms with van der Waals surface area (Å²) in [4.78, 5) is 22.2. The van der Waals surface area contributed by atoms with Gasteiger partial charge in [-0.15, -0.1) is 11.8 Å². The number of aromatic hydroxyl groups is 2. The van der Waals surface area contributed by atoms with Crippen molar-refractivity contribution in [1.29, 1.82) is 0 Å². The summed E-state index contributed by atoms with van der Waals surface area (Å²) in [7, 11) is 0. The first kappa shape index (κ1) is 17.1. The third kappa shape index (κ3) is 4.29. The Morgan fingerprint density at radius 1 is 1.40 bits per heavy atom. The molecule has 0 fully saturated rings. The van der Waals surface area contributed by atoms with Crippen molar-refractivity contribution >= 4 is 55.5 Å². The Balaban J connectivity index is 2.93. The second-order valence-corrected chi connectivity index (χ2v) is 6.45. The van der Waals surface area contributed by atoms with E-state index in [2.05, 4.69) is 37.2 Å². The highest BCUT2D eigenvalue weighted by atomic mass is 79.9. The molecule has 1 unspecified atom stereocenters. The normalized spacial score (nSPS) is 11.9. The fourth-order valence-electron chi connectivity index (χ4n) is 1.30. The van der Waals surface area contributed by atoms with E-state index in [1.807, 2.05) is 0 Å². The molecule has 1 aromatic carbocycles. The van der Waals surface area contributed by atoms with E-state index < -0.39 is 17.9 Å². The van der Waals surface area contributed by atoms with E-state index in [9.17, 15) is 19.8 Å². The van der Waals surface area contributed by atoms with Gasteiger partial charge in [0.25, 0.3) is 0 Å². The predicted molar refractivity (Wildman–Crippen MR) is 81.1 cm³/mol. The summed E-state index contributed by atoms with van der Waals surface area (Å²) >= 11 is 7.42. The summed E-state index contributed by atoms with van der Waals surface area (Å²) in [6, 6.07) is 0.219. The molecule has 0 saturated carbocycles. The van der Waals surface area contributed by atoms with Crippen LogP contribution in [0.5, 0.6) is 11.5 Å². The molecule has 0 spiro atoms. The molecule has 1 atom stereocenters. The number of carboxylic acids is 1. The third-order valence-electron chi connectivity index (χ3n) is 2.20. The molecule has 20 heavy (non-hydrogen) atoms. The zero-order valence-electron chi connectivity index (χ0n) is 10.2. The van der Waals surface area contributed by atoms with Crippen LogP contribution in [-0.2, 0) is 9.59 Å². The first-order chi connectivity index (χ1) is 9.23. The molecule has 0 saturated heterocycles. The molecule has 0 aliphatic carbocycles. The molecule has 110 valence electrons. The van der Waals surface area contributed by atoms with Gasteiger partial charge in [0.1, 0.15) is 6.04 Å². The van der Waals surface area contributed by atoms with E-state index in [1.54, 1.807) is 0 Å². The average molecular weight is 429 g/mol. The van der Waals surface area contributed by atoms with Crippen LogP contribution in [0.1, 0.15) is 6.92 Å². The molecule has 0 bridgehead atoms. The van der Waals surface area contributed by atoms with Gasteiger partial charge < -0.3 is 20.6 Å². The van der Waals surface area contributed by atoms with Gasteiger partial charge in [0.05, 0.1) is 4.90 Å². The smallest absolute Gasteiger partial charge is 0.327 e. The maximum atomic E-state index is 11.0. The minimum Gasteiger partial charge on any atom is -0.504 e. The van der Waals surface area contributed by atoms with E-state index >= 15 is 0 Å². The van der Waals surface area contributed by atoms with E-state index in [0.717, 1.165) is 11.8 Å². The van der Waals surface area contributed by atoms with Gasteiger partial charge in [0.15, 0.2) is 11.5 Å². The standard InChI is InChI=1S/C11H11Br2NO5S/c1-4(15)14-6(11(18)19)3-20-10-8(13)5(12)2-7(16)9(10)17/h2,6,16-17H,3H2,1H3,(H,14,15)(H,18,19). The van der Waals surface area contributed by atoms with Crippen LogP contribution in [0.4, 0.5) is 0 Å². The maximum Gasteiger partial charge on any atom is 0.327 e. The highest BCUT2D eigenvalue weighted by molar-refractivity contribution is 9.13. The largest absolute Gasteiger partial charge is 0.504 e. The molecule has 6 nitrogen and oxygen atoms in total. The number of carboxylic acid groups (broad SMARTS) is 1. The second-order valence-electron chi connectivity index (χ2n) is 3.77. The minimum atomic E-state index is -1.18. The van der Waals surface area contributed by atoms with Crippen LogP contribution in [-0.4, -0.2) is 39.0 Å². The van der Waals surface area contributed by atoms with Crippen LogP contribution >= 0.6 is 43.6 Å². The molecule has 0 aliphatic heterocycles.